The molecule has 3 rings (SSSR count). The highest BCUT2D eigenvalue weighted by Gasteiger charge is 2.42. The predicted octanol–water partition coefficient (Wildman–Crippen LogP) is 2.13. The summed E-state index contributed by atoms with van der Waals surface area (Å²) in [6.07, 6.45) is 5.48. The fourth-order valence-electron chi connectivity index (χ4n) is 3.29. The van der Waals surface area contributed by atoms with Gasteiger partial charge in [-0.3, -0.25) is 4.79 Å². The minimum atomic E-state index is -0.505. The Hall–Kier alpha value is -1.43. The molecule has 0 bridgehead atoms. The largest absolute Gasteiger partial charge is 0.365 e. The average molecular weight is 299 g/mol. The topological polar surface area (TPSA) is 66.9 Å². The van der Waals surface area contributed by atoms with E-state index in [9.17, 15) is 9.18 Å². The maximum Gasteiger partial charge on any atom is 0.224 e. The quantitative estimate of drug-likeness (QED) is 0.821. The molecule has 1 spiro atoms. The molecule has 1 aromatic heterocycles. The van der Waals surface area contributed by atoms with Crippen LogP contribution in [0.3, 0.4) is 0 Å². The van der Waals surface area contributed by atoms with Crippen LogP contribution in [0.2, 0.25) is 5.28 Å². The van der Waals surface area contributed by atoms with Gasteiger partial charge >= 0.3 is 0 Å². The fourth-order valence-corrected chi connectivity index (χ4v) is 3.42. The lowest BCUT2D eigenvalue weighted by molar-refractivity contribution is -0.119. The maximum atomic E-state index is 13.6. The molecular weight excluding hydrogens is 283 g/mol. The third-order valence-corrected chi connectivity index (χ3v) is 4.37. The summed E-state index contributed by atoms with van der Waals surface area (Å²) in [4.78, 5) is 18.9. The van der Waals surface area contributed by atoms with Gasteiger partial charge in [0.1, 0.15) is 0 Å². The van der Waals surface area contributed by atoms with Gasteiger partial charge < -0.3 is 10.6 Å². The zero-order chi connectivity index (χ0) is 14.2. The zero-order valence-corrected chi connectivity index (χ0v) is 11.7. The molecule has 2 heterocycles. The Labute approximate surface area is 121 Å². The van der Waals surface area contributed by atoms with E-state index in [1.165, 1.54) is 0 Å². The number of carbonyl (C=O) groups excluding carboxylic acids is 1. The Morgan fingerprint density at radius 2 is 2.40 bits per heavy atom. The van der Waals surface area contributed by atoms with E-state index < -0.39 is 5.82 Å². The van der Waals surface area contributed by atoms with Gasteiger partial charge in [-0.1, -0.05) is 6.42 Å². The molecule has 7 heteroatoms. The number of nitrogens with zero attached hydrogens (tertiary/aromatic N) is 2. The van der Waals surface area contributed by atoms with Crippen molar-refractivity contribution in [2.75, 3.05) is 11.9 Å². The minimum absolute atomic E-state index is 0.0142. The molecule has 1 aliphatic carbocycles. The molecule has 2 aliphatic rings. The fraction of sp³-hybridized carbons (Fsp3) is 0.615. The van der Waals surface area contributed by atoms with Gasteiger partial charge in [-0.25, -0.2) is 9.37 Å². The van der Waals surface area contributed by atoms with Gasteiger partial charge in [0.25, 0.3) is 0 Å². The van der Waals surface area contributed by atoms with E-state index in [1.807, 2.05) is 0 Å². The van der Waals surface area contributed by atoms with Crippen molar-refractivity contribution in [3.8, 4) is 0 Å². The van der Waals surface area contributed by atoms with E-state index in [0.717, 1.165) is 38.4 Å². The van der Waals surface area contributed by atoms with Crippen LogP contribution in [0.15, 0.2) is 6.20 Å². The van der Waals surface area contributed by atoms with Gasteiger partial charge in [0.05, 0.1) is 6.20 Å². The van der Waals surface area contributed by atoms with Gasteiger partial charge in [-0.15, -0.1) is 0 Å². The lowest BCUT2D eigenvalue weighted by Crippen LogP contribution is -2.37. The molecule has 20 heavy (non-hydrogen) atoms. The number of hydrogen-bond donors (Lipinski definition) is 2. The number of nitrogens with one attached hydrogen (secondary N) is 2. The number of anilines is 1. The smallest absolute Gasteiger partial charge is 0.224 e. The summed E-state index contributed by atoms with van der Waals surface area (Å²) in [5, 5.41) is 6.03. The Bertz CT molecular complexity index is 541. The molecule has 1 amide bonds. The van der Waals surface area contributed by atoms with Gasteiger partial charge in [0.2, 0.25) is 11.2 Å². The van der Waals surface area contributed by atoms with Crippen molar-refractivity contribution in [2.45, 2.75) is 38.1 Å². The van der Waals surface area contributed by atoms with Gasteiger partial charge in [-0.05, 0) is 36.3 Å². The first-order valence-corrected chi connectivity index (χ1v) is 7.15. The van der Waals surface area contributed by atoms with Crippen molar-refractivity contribution in [3.63, 3.8) is 0 Å². The molecule has 1 aromatic rings. The van der Waals surface area contributed by atoms with Crippen LogP contribution in [-0.4, -0.2) is 28.5 Å². The Balaban J connectivity index is 1.71. The van der Waals surface area contributed by atoms with Crippen LogP contribution in [0, 0.1) is 11.2 Å². The first kappa shape index (κ1) is 13.5. The van der Waals surface area contributed by atoms with Crippen LogP contribution < -0.4 is 10.6 Å². The molecule has 0 aromatic carbocycles. The van der Waals surface area contributed by atoms with Crippen molar-refractivity contribution in [1.82, 2.24) is 15.3 Å². The van der Waals surface area contributed by atoms with E-state index in [0.29, 0.717) is 6.42 Å². The van der Waals surface area contributed by atoms with Crippen LogP contribution >= 0.6 is 11.6 Å². The molecular formula is C13H16ClFN4O. The molecule has 1 saturated carbocycles. The van der Waals surface area contributed by atoms with Crippen LogP contribution in [0.5, 0.6) is 0 Å². The molecule has 2 atom stereocenters. The number of halogens is 2. The summed E-state index contributed by atoms with van der Waals surface area (Å²) in [5.74, 6) is -0.249. The van der Waals surface area contributed by atoms with E-state index in [-0.39, 0.29) is 28.5 Å². The van der Waals surface area contributed by atoms with Gasteiger partial charge in [0, 0.05) is 19.0 Å². The van der Waals surface area contributed by atoms with Gasteiger partial charge in [-0.2, -0.15) is 4.98 Å². The summed E-state index contributed by atoms with van der Waals surface area (Å²) in [5.41, 5.74) is 0.0142. The molecule has 1 saturated heterocycles. The first-order chi connectivity index (χ1) is 9.56. The second-order valence-electron chi connectivity index (χ2n) is 5.73. The summed E-state index contributed by atoms with van der Waals surface area (Å²) in [6, 6.07) is 0.108. The number of amides is 1. The molecule has 1 aliphatic heterocycles. The molecule has 2 N–H and O–H groups in total. The van der Waals surface area contributed by atoms with Crippen molar-refractivity contribution < 1.29 is 9.18 Å². The maximum absolute atomic E-state index is 13.6. The van der Waals surface area contributed by atoms with Crippen LogP contribution in [0.1, 0.15) is 32.1 Å². The second-order valence-corrected chi connectivity index (χ2v) is 6.06. The lowest BCUT2D eigenvalue weighted by atomic mass is 9.71. The van der Waals surface area contributed by atoms with Gasteiger partial charge in [0.15, 0.2) is 11.6 Å². The summed E-state index contributed by atoms with van der Waals surface area (Å²) >= 11 is 5.69. The normalized spacial score (nSPS) is 29.5. The highest BCUT2D eigenvalue weighted by Crippen LogP contribution is 2.42. The van der Waals surface area contributed by atoms with Crippen molar-refractivity contribution in [3.05, 3.63) is 17.3 Å². The van der Waals surface area contributed by atoms with E-state index in [2.05, 4.69) is 20.6 Å². The standard InChI is InChI=1S/C13H16ClFN4O/c14-12-16-6-9(15)11(19-12)18-8-2-1-3-13(4-8)5-10(20)17-7-13/h6,8H,1-5,7H2,(H,17,20)(H,16,18,19)/t8-,13?/m0/s1. The minimum Gasteiger partial charge on any atom is -0.365 e. The summed E-state index contributed by atoms with van der Waals surface area (Å²) in [7, 11) is 0. The summed E-state index contributed by atoms with van der Waals surface area (Å²) in [6.45, 7) is 0.719. The molecule has 5 nitrogen and oxygen atoms in total. The van der Waals surface area contributed by atoms with Crippen molar-refractivity contribution >= 4 is 23.3 Å². The third-order valence-electron chi connectivity index (χ3n) is 4.19. The lowest BCUT2D eigenvalue weighted by Gasteiger charge is -2.37. The zero-order valence-electron chi connectivity index (χ0n) is 11.0. The SMILES string of the molecule is O=C1CC2(CCC[C@H](Nc3nc(Cl)ncc3F)C2)CN1. The van der Waals surface area contributed by atoms with E-state index in [1.54, 1.807) is 0 Å². The van der Waals surface area contributed by atoms with Crippen LogP contribution in [0.25, 0.3) is 0 Å². The molecule has 0 radical (unpaired) electrons. The second kappa shape index (κ2) is 5.16. The average Bonchev–Trinajstić information content (AvgIpc) is 2.75. The van der Waals surface area contributed by atoms with Crippen molar-refractivity contribution in [2.24, 2.45) is 5.41 Å². The first-order valence-electron chi connectivity index (χ1n) is 6.78. The molecule has 2 fully saturated rings. The molecule has 108 valence electrons. The van der Waals surface area contributed by atoms with Crippen molar-refractivity contribution in [1.29, 1.82) is 0 Å². The number of hydrogen-bond acceptors (Lipinski definition) is 4. The Kier molecular flexibility index (Phi) is 3.50. The highest BCUT2D eigenvalue weighted by atomic mass is 35.5. The van der Waals surface area contributed by atoms with E-state index >= 15 is 0 Å². The Morgan fingerprint density at radius 1 is 1.55 bits per heavy atom. The summed E-state index contributed by atoms with van der Waals surface area (Å²) < 4.78 is 13.6. The molecule has 1 unspecified atom stereocenters. The van der Waals surface area contributed by atoms with Crippen LogP contribution in [0.4, 0.5) is 10.2 Å². The highest BCUT2D eigenvalue weighted by molar-refractivity contribution is 6.28. The number of aromatic nitrogens is 2. The van der Waals surface area contributed by atoms with Crippen LogP contribution in [-0.2, 0) is 4.79 Å². The predicted molar refractivity (Wildman–Crippen MR) is 72.9 cm³/mol. The number of rotatable bonds is 2. The third kappa shape index (κ3) is 2.70. The monoisotopic (exact) mass is 298 g/mol. The number of carbonyl (C=O) groups is 1. The van der Waals surface area contributed by atoms with E-state index in [4.69, 9.17) is 11.6 Å². The Morgan fingerprint density at radius 3 is 3.15 bits per heavy atom.